The summed E-state index contributed by atoms with van der Waals surface area (Å²) in [5.41, 5.74) is 4.73. The zero-order valence-corrected chi connectivity index (χ0v) is 18.4. The molecule has 1 atom stereocenters. The molecule has 164 valence electrons. The van der Waals surface area contributed by atoms with Crippen molar-refractivity contribution in [2.45, 2.75) is 39.3 Å². The maximum absolute atomic E-state index is 13.1. The summed E-state index contributed by atoms with van der Waals surface area (Å²) in [6.45, 7) is 5.72. The number of hydrogen-bond donors (Lipinski definition) is 1. The molecule has 7 nitrogen and oxygen atoms in total. The Morgan fingerprint density at radius 3 is 2.91 bits per heavy atom. The molecule has 1 amide bonds. The highest BCUT2D eigenvalue weighted by Gasteiger charge is 2.28. The van der Waals surface area contributed by atoms with Gasteiger partial charge in [0, 0.05) is 25.2 Å². The van der Waals surface area contributed by atoms with E-state index in [0.717, 1.165) is 47.6 Å². The van der Waals surface area contributed by atoms with Crippen molar-refractivity contribution < 1.29 is 9.53 Å². The molecule has 0 aliphatic carbocycles. The number of aromatic amines is 1. The number of ether oxygens (including phenoxy) is 1. The summed E-state index contributed by atoms with van der Waals surface area (Å²) in [6.07, 6.45) is 3.75. The highest BCUT2D eigenvalue weighted by molar-refractivity contribution is 5.92. The smallest absolute Gasteiger partial charge is 0.274 e. The number of rotatable bonds is 5. The van der Waals surface area contributed by atoms with Crippen LogP contribution in [-0.4, -0.2) is 43.6 Å². The number of para-hydroxylation sites is 2. The van der Waals surface area contributed by atoms with Crippen LogP contribution in [0.25, 0.3) is 11.0 Å². The van der Waals surface area contributed by atoms with E-state index in [9.17, 15) is 4.79 Å². The third-order valence-electron chi connectivity index (χ3n) is 6.05. The molecule has 1 fully saturated rings. The van der Waals surface area contributed by atoms with Gasteiger partial charge in [-0.3, -0.25) is 4.79 Å². The zero-order chi connectivity index (χ0) is 22.1. The SMILES string of the molecule is Cc1ccc(OCn2ccc(C(=O)N3CCCC(c4nc5ccccc5[nH]4)C3)n2)c(C)c1. The highest BCUT2D eigenvalue weighted by Crippen LogP contribution is 2.27. The number of likely N-dealkylation sites (tertiary alicyclic amines) is 1. The summed E-state index contributed by atoms with van der Waals surface area (Å²) >= 11 is 0. The summed E-state index contributed by atoms with van der Waals surface area (Å²) < 4.78 is 7.54. The second-order valence-corrected chi connectivity index (χ2v) is 8.51. The monoisotopic (exact) mass is 429 g/mol. The number of nitrogens with zero attached hydrogens (tertiary/aromatic N) is 4. The molecule has 1 aliphatic heterocycles. The van der Waals surface area contributed by atoms with E-state index in [1.807, 2.05) is 48.2 Å². The Morgan fingerprint density at radius 1 is 1.19 bits per heavy atom. The lowest BCUT2D eigenvalue weighted by atomic mass is 9.97. The number of benzene rings is 2. The molecule has 0 saturated carbocycles. The molecular formula is C25H27N5O2. The third-order valence-corrected chi connectivity index (χ3v) is 6.05. The molecule has 2 aromatic carbocycles. The normalized spacial score (nSPS) is 16.4. The van der Waals surface area contributed by atoms with Gasteiger partial charge in [0.05, 0.1) is 11.0 Å². The number of aryl methyl sites for hydroxylation is 2. The van der Waals surface area contributed by atoms with E-state index in [-0.39, 0.29) is 18.6 Å². The Morgan fingerprint density at radius 2 is 2.06 bits per heavy atom. The Balaban J connectivity index is 1.24. The minimum atomic E-state index is -0.0453. The summed E-state index contributed by atoms with van der Waals surface area (Å²) in [7, 11) is 0. The minimum Gasteiger partial charge on any atom is -0.471 e. The Labute approximate surface area is 187 Å². The standard InChI is InChI=1S/C25H27N5O2/c1-17-9-10-23(18(2)14-17)32-16-30-13-11-22(28-30)25(31)29-12-5-6-19(15-29)24-26-20-7-3-4-8-21(20)27-24/h3-4,7-11,13-14,19H,5-6,12,15-16H2,1-2H3,(H,26,27). The maximum Gasteiger partial charge on any atom is 0.274 e. The number of H-pyrrole nitrogens is 1. The number of amides is 1. The van der Waals surface area contributed by atoms with E-state index >= 15 is 0 Å². The van der Waals surface area contributed by atoms with Gasteiger partial charge >= 0.3 is 0 Å². The number of nitrogens with one attached hydrogen (secondary N) is 1. The lowest BCUT2D eigenvalue weighted by molar-refractivity contribution is 0.0697. The first kappa shape index (κ1) is 20.3. The third kappa shape index (κ3) is 4.10. The van der Waals surface area contributed by atoms with E-state index in [1.54, 1.807) is 16.9 Å². The van der Waals surface area contributed by atoms with Crippen molar-refractivity contribution in [2.75, 3.05) is 13.1 Å². The Bertz CT molecular complexity index is 1230. The van der Waals surface area contributed by atoms with Crippen LogP contribution in [0.15, 0.2) is 54.7 Å². The lowest BCUT2D eigenvalue weighted by Gasteiger charge is -2.31. The van der Waals surface area contributed by atoms with Crippen molar-refractivity contribution in [3.8, 4) is 5.75 Å². The van der Waals surface area contributed by atoms with Crippen molar-refractivity contribution in [2.24, 2.45) is 0 Å². The molecule has 1 unspecified atom stereocenters. The van der Waals surface area contributed by atoms with Crippen LogP contribution >= 0.6 is 0 Å². The molecule has 0 radical (unpaired) electrons. The summed E-state index contributed by atoms with van der Waals surface area (Å²) in [6, 6.07) is 15.9. The van der Waals surface area contributed by atoms with Crippen LogP contribution in [0.3, 0.4) is 0 Å². The van der Waals surface area contributed by atoms with Crippen molar-refractivity contribution >= 4 is 16.9 Å². The van der Waals surface area contributed by atoms with Gasteiger partial charge in [-0.15, -0.1) is 0 Å². The van der Waals surface area contributed by atoms with Gasteiger partial charge in [-0.2, -0.15) is 5.10 Å². The average Bonchev–Trinajstić information content (AvgIpc) is 3.45. The first-order chi connectivity index (χ1) is 15.6. The van der Waals surface area contributed by atoms with Crippen LogP contribution < -0.4 is 4.74 Å². The molecule has 1 aliphatic rings. The number of aromatic nitrogens is 4. The van der Waals surface area contributed by atoms with Crippen LogP contribution in [-0.2, 0) is 6.73 Å². The molecule has 3 heterocycles. The Hall–Kier alpha value is -3.61. The van der Waals surface area contributed by atoms with Gasteiger partial charge in [-0.05, 0) is 56.5 Å². The summed E-state index contributed by atoms with van der Waals surface area (Å²) in [5.74, 6) is 1.94. The van der Waals surface area contributed by atoms with Gasteiger partial charge < -0.3 is 14.6 Å². The fourth-order valence-electron chi connectivity index (χ4n) is 4.36. The van der Waals surface area contributed by atoms with E-state index in [1.165, 1.54) is 5.56 Å². The van der Waals surface area contributed by atoms with E-state index in [0.29, 0.717) is 12.2 Å². The molecule has 7 heteroatoms. The predicted molar refractivity (Wildman–Crippen MR) is 123 cm³/mol. The Kier molecular flexibility index (Phi) is 5.39. The molecule has 2 aromatic heterocycles. The second kappa shape index (κ2) is 8.49. The largest absolute Gasteiger partial charge is 0.471 e. The number of piperidine rings is 1. The number of carbonyl (C=O) groups excluding carboxylic acids is 1. The van der Waals surface area contributed by atoms with E-state index in [4.69, 9.17) is 9.72 Å². The van der Waals surface area contributed by atoms with Crippen LogP contribution in [0, 0.1) is 13.8 Å². The number of fused-ring (bicyclic) bond motifs is 1. The van der Waals surface area contributed by atoms with Crippen molar-refractivity contribution in [1.29, 1.82) is 0 Å². The summed E-state index contributed by atoms with van der Waals surface area (Å²) in [5, 5.41) is 4.46. The first-order valence-electron chi connectivity index (χ1n) is 11.0. The fraction of sp³-hybridized carbons (Fsp3) is 0.320. The fourth-order valence-corrected chi connectivity index (χ4v) is 4.36. The van der Waals surface area contributed by atoms with Gasteiger partial charge in [0.15, 0.2) is 12.4 Å². The summed E-state index contributed by atoms with van der Waals surface area (Å²) in [4.78, 5) is 23.2. The van der Waals surface area contributed by atoms with Gasteiger partial charge in [-0.25, -0.2) is 9.67 Å². The number of imidazole rings is 1. The minimum absolute atomic E-state index is 0.0453. The van der Waals surface area contributed by atoms with Gasteiger partial charge in [0.1, 0.15) is 11.6 Å². The van der Waals surface area contributed by atoms with Crippen LogP contribution in [0.1, 0.15) is 46.2 Å². The molecule has 5 rings (SSSR count). The van der Waals surface area contributed by atoms with Crippen molar-refractivity contribution in [3.63, 3.8) is 0 Å². The molecule has 4 aromatic rings. The van der Waals surface area contributed by atoms with Crippen LogP contribution in [0.4, 0.5) is 0 Å². The molecular weight excluding hydrogens is 402 g/mol. The maximum atomic E-state index is 13.1. The van der Waals surface area contributed by atoms with E-state index < -0.39 is 0 Å². The van der Waals surface area contributed by atoms with Crippen LogP contribution in [0.2, 0.25) is 0 Å². The predicted octanol–water partition coefficient (Wildman–Crippen LogP) is 4.43. The molecule has 32 heavy (non-hydrogen) atoms. The second-order valence-electron chi connectivity index (χ2n) is 8.51. The van der Waals surface area contributed by atoms with E-state index in [2.05, 4.69) is 23.1 Å². The number of hydrogen-bond acceptors (Lipinski definition) is 4. The molecule has 1 N–H and O–H groups in total. The van der Waals surface area contributed by atoms with Crippen LogP contribution in [0.5, 0.6) is 5.75 Å². The molecule has 0 spiro atoms. The molecule has 1 saturated heterocycles. The number of carbonyl (C=O) groups is 1. The van der Waals surface area contributed by atoms with Crippen molar-refractivity contribution in [3.05, 3.63) is 77.4 Å². The van der Waals surface area contributed by atoms with Gasteiger partial charge in [0.25, 0.3) is 5.91 Å². The molecule has 0 bridgehead atoms. The lowest BCUT2D eigenvalue weighted by Crippen LogP contribution is -2.39. The topological polar surface area (TPSA) is 76.0 Å². The quantitative estimate of drug-likeness (QED) is 0.509. The van der Waals surface area contributed by atoms with Crippen molar-refractivity contribution in [1.82, 2.24) is 24.6 Å². The van der Waals surface area contributed by atoms with Gasteiger partial charge in [-0.1, -0.05) is 29.8 Å². The highest BCUT2D eigenvalue weighted by atomic mass is 16.5. The average molecular weight is 430 g/mol. The zero-order valence-electron chi connectivity index (χ0n) is 18.4. The first-order valence-corrected chi connectivity index (χ1v) is 11.0. The van der Waals surface area contributed by atoms with Gasteiger partial charge in [0.2, 0.25) is 0 Å².